The minimum Gasteiger partial charge on any atom is -0.463 e. The zero-order valence-electron chi connectivity index (χ0n) is 19.1. The number of benzene rings is 1. The summed E-state index contributed by atoms with van der Waals surface area (Å²) in [5.41, 5.74) is 6.35. The van der Waals surface area contributed by atoms with Gasteiger partial charge < -0.3 is 29.0 Å². The van der Waals surface area contributed by atoms with Crippen molar-refractivity contribution in [2.75, 3.05) is 12.0 Å². The predicted octanol–water partition coefficient (Wildman–Crippen LogP) is 0.561. The smallest absolute Gasteiger partial charge is 0.303 e. The molecule has 0 radical (unpaired) electrons. The van der Waals surface area contributed by atoms with E-state index in [4.69, 9.17) is 35.9 Å². The summed E-state index contributed by atoms with van der Waals surface area (Å²) in [6, 6.07) is 9.08. The molecule has 13 heteroatoms. The third-order valence-electron chi connectivity index (χ3n) is 4.36. The molecule has 0 unspecified atom stereocenters. The predicted molar refractivity (Wildman–Crippen MR) is 121 cm³/mol. The summed E-state index contributed by atoms with van der Waals surface area (Å²) in [6.07, 6.45) is -6.05. The van der Waals surface area contributed by atoms with E-state index in [2.05, 4.69) is 16.2 Å². The summed E-state index contributed by atoms with van der Waals surface area (Å²) >= 11 is 5.29. The molecule has 1 saturated heterocycles. The fraction of sp³-hybridized carbons (Fsp3) is 0.476. The van der Waals surface area contributed by atoms with E-state index in [-0.39, 0.29) is 11.7 Å². The lowest BCUT2D eigenvalue weighted by atomic mass is 9.97. The monoisotopic (exact) mass is 497 g/mol. The van der Waals surface area contributed by atoms with Crippen molar-refractivity contribution in [1.29, 1.82) is 0 Å². The number of anilines is 1. The SMILES string of the molecule is CC(=O)OC[C@H]1O[C@@H](NC(=S)NNc2ccccc2)[C@H](OC(C)=O)[C@@H](OC(C)=O)[C@@H]1OC(C)=O. The lowest BCUT2D eigenvalue weighted by Crippen LogP contribution is -2.67. The van der Waals surface area contributed by atoms with E-state index in [0.29, 0.717) is 5.69 Å². The highest BCUT2D eigenvalue weighted by molar-refractivity contribution is 7.80. The van der Waals surface area contributed by atoms with Crippen LogP contribution in [0.25, 0.3) is 0 Å². The molecule has 5 atom stereocenters. The first-order chi connectivity index (χ1) is 16.1. The van der Waals surface area contributed by atoms with Crippen LogP contribution in [0.15, 0.2) is 30.3 Å². The van der Waals surface area contributed by atoms with E-state index in [9.17, 15) is 19.2 Å². The average molecular weight is 498 g/mol. The van der Waals surface area contributed by atoms with Gasteiger partial charge in [0, 0.05) is 27.7 Å². The summed E-state index contributed by atoms with van der Waals surface area (Å²) in [5.74, 6) is -2.75. The van der Waals surface area contributed by atoms with Crippen molar-refractivity contribution in [3.8, 4) is 0 Å². The summed E-state index contributed by atoms with van der Waals surface area (Å²) in [5, 5.41) is 2.87. The summed E-state index contributed by atoms with van der Waals surface area (Å²) in [7, 11) is 0. The number of ether oxygens (including phenoxy) is 5. The van der Waals surface area contributed by atoms with Crippen LogP contribution >= 0.6 is 12.2 Å². The van der Waals surface area contributed by atoms with Gasteiger partial charge in [-0.05, 0) is 24.4 Å². The van der Waals surface area contributed by atoms with E-state index in [1.807, 2.05) is 18.2 Å². The number of carbonyl (C=O) groups excluding carboxylic acids is 4. The Bertz CT molecular complexity index is 899. The summed E-state index contributed by atoms with van der Waals surface area (Å²) < 4.78 is 27.0. The maximum atomic E-state index is 11.8. The van der Waals surface area contributed by atoms with Crippen LogP contribution in [0, 0.1) is 0 Å². The molecule has 0 saturated carbocycles. The minimum atomic E-state index is -1.29. The number of hydrogen-bond acceptors (Lipinski definition) is 11. The number of carbonyl (C=O) groups is 4. The van der Waals surface area contributed by atoms with Gasteiger partial charge in [-0.3, -0.25) is 30.0 Å². The lowest BCUT2D eigenvalue weighted by Gasteiger charge is -2.44. The Morgan fingerprint density at radius 3 is 1.97 bits per heavy atom. The molecular weight excluding hydrogens is 470 g/mol. The van der Waals surface area contributed by atoms with Crippen LogP contribution in [0.1, 0.15) is 27.7 Å². The summed E-state index contributed by atoms with van der Waals surface area (Å²) in [6.45, 7) is 4.30. The average Bonchev–Trinajstić information content (AvgIpc) is 2.75. The number of hydrogen-bond donors (Lipinski definition) is 3. The van der Waals surface area contributed by atoms with Crippen molar-refractivity contribution in [1.82, 2.24) is 10.7 Å². The van der Waals surface area contributed by atoms with Gasteiger partial charge in [0.15, 0.2) is 29.7 Å². The number of thiocarbonyl (C=S) groups is 1. The van der Waals surface area contributed by atoms with Crippen LogP contribution in [0.3, 0.4) is 0 Å². The highest BCUT2D eigenvalue weighted by Crippen LogP contribution is 2.28. The maximum absolute atomic E-state index is 11.8. The summed E-state index contributed by atoms with van der Waals surface area (Å²) in [4.78, 5) is 46.8. The van der Waals surface area contributed by atoms with Gasteiger partial charge in [0.25, 0.3) is 0 Å². The number of rotatable bonds is 8. The number of para-hydroxylation sites is 1. The molecule has 1 aliphatic rings. The van der Waals surface area contributed by atoms with Gasteiger partial charge in [0.05, 0.1) is 5.69 Å². The quantitative estimate of drug-likeness (QED) is 0.199. The second-order valence-corrected chi connectivity index (χ2v) is 7.62. The number of esters is 4. The van der Waals surface area contributed by atoms with Crippen LogP contribution in [0.5, 0.6) is 0 Å². The van der Waals surface area contributed by atoms with Crippen molar-refractivity contribution in [2.24, 2.45) is 0 Å². The first kappa shape index (κ1) is 26.8. The zero-order chi connectivity index (χ0) is 25.3. The molecule has 0 spiro atoms. The zero-order valence-corrected chi connectivity index (χ0v) is 19.9. The Balaban J connectivity index is 2.29. The van der Waals surface area contributed by atoms with Gasteiger partial charge in [0.1, 0.15) is 12.7 Å². The molecule has 0 aromatic heterocycles. The Morgan fingerprint density at radius 2 is 1.41 bits per heavy atom. The second-order valence-electron chi connectivity index (χ2n) is 7.21. The Kier molecular flexibility index (Phi) is 10.0. The van der Waals surface area contributed by atoms with Crippen molar-refractivity contribution in [2.45, 2.75) is 58.3 Å². The van der Waals surface area contributed by atoms with Gasteiger partial charge in [-0.15, -0.1) is 0 Å². The van der Waals surface area contributed by atoms with Crippen molar-refractivity contribution < 1.29 is 42.9 Å². The van der Waals surface area contributed by atoms with Crippen molar-refractivity contribution >= 4 is 46.9 Å². The number of hydrazine groups is 1. The molecule has 34 heavy (non-hydrogen) atoms. The van der Waals surface area contributed by atoms with Gasteiger partial charge in [-0.2, -0.15) is 0 Å². The largest absolute Gasteiger partial charge is 0.463 e. The standard InChI is InChI=1S/C21H27N3O9S/c1-11(25)29-10-16-17(30-12(2)26)18(31-13(3)27)19(32-14(4)28)20(33-16)22-21(34)24-23-15-8-6-5-7-9-15/h5-9,16-20,23H,10H2,1-4H3,(H2,22,24,34)/t16-,17-,18+,19-,20-/m1/s1. The molecule has 1 heterocycles. The second kappa shape index (κ2) is 12.7. The molecule has 1 aromatic rings. The topological polar surface area (TPSA) is 151 Å². The molecule has 0 amide bonds. The molecule has 186 valence electrons. The van der Waals surface area contributed by atoms with Gasteiger partial charge >= 0.3 is 23.9 Å². The Labute approximate surface area is 201 Å². The molecule has 3 N–H and O–H groups in total. The molecule has 1 fully saturated rings. The van der Waals surface area contributed by atoms with Crippen molar-refractivity contribution in [3.63, 3.8) is 0 Å². The molecule has 2 rings (SSSR count). The third kappa shape index (κ3) is 8.48. The molecule has 1 aliphatic heterocycles. The first-order valence-corrected chi connectivity index (χ1v) is 10.7. The lowest BCUT2D eigenvalue weighted by molar-refractivity contribution is -0.254. The highest BCUT2D eigenvalue weighted by Gasteiger charge is 2.52. The van der Waals surface area contributed by atoms with E-state index in [0.717, 1.165) is 20.8 Å². The maximum Gasteiger partial charge on any atom is 0.303 e. The molecule has 0 aliphatic carbocycles. The number of nitrogens with one attached hydrogen (secondary N) is 3. The van der Waals surface area contributed by atoms with Crippen LogP contribution in [0.2, 0.25) is 0 Å². The van der Waals surface area contributed by atoms with Gasteiger partial charge in [-0.25, -0.2) is 0 Å². The van der Waals surface area contributed by atoms with Gasteiger partial charge in [0.2, 0.25) is 0 Å². The van der Waals surface area contributed by atoms with E-state index in [1.165, 1.54) is 6.92 Å². The third-order valence-corrected chi connectivity index (χ3v) is 4.58. The molecule has 1 aromatic carbocycles. The minimum absolute atomic E-state index is 0.0461. The van der Waals surface area contributed by atoms with E-state index in [1.54, 1.807) is 12.1 Å². The molecule has 12 nitrogen and oxygen atoms in total. The van der Waals surface area contributed by atoms with Crippen LogP contribution in [-0.4, -0.2) is 66.2 Å². The fourth-order valence-corrected chi connectivity index (χ4v) is 3.33. The highest BCUT2D eigenvalue weighted by atomic mass is 32.1. The van der Waals surface area contributed by atoms with Crippen molar-refractivity contribution in [3.05, 3.63) is 30.3 Å². The fourth-order valence-electron chi connectivity index (χ4n) is 3.16. The molecule has 0 bridgehead atoms. The Hall–Kier alpha value is -3.45. The van der Waals surface area contributed by atoms with E-state index < -0.39 is 54.5 Å². The van der Waals surface area contributed by atoms with Gasteiger partial charge in [-0.1, -0.05) is 18.2 Å². The Morgan fingerprint density at radius 1 is 0.853 bits per heavy atom. The first-order valence-electron chi connectivity index (χ1n) is 10.2. The van der Waals surface area contributed by atoms with E-state index >= 15 is 0 Å². The normalized spacial score (nSPS) is 23.6. The molecular formula is C21H27N3O9S. The van der Waals surface area contributed by atoms with Crippen LogP contribution in [0.4, 0.5) is 5.69 Å². The van der Waals surface area contributed by atoms with Crippen LogP contribution in [-0.2, 0) is 42.9 Å². The van der Waals surface area contributed by atoms with Crippen LogP contribution < -0.4 is 16.2 Å².